The molecule has 1 heterocycles. The number of hydrogen-bond donors (Lipinski definition) is 0. The van der Waals surface area contributed by atoms with Crippen LogP contribution in [0, 0.1) is 11.6 Å². The summed E-state index contributed by atoms with van der Waals surface area (Å²) in [6.45, 7) is 1.16. The van der Waals surface area contributed by atoms with Crippen LogP contribution in [0.2, 0.25) is 0 Å². The lowest BCUT2D eigenvalue weighted by Gasteiger charge is -2.17. The van der Waals surface area contributed by atoms with Crippen LogP contribution in [0.3, 0.4) is 0 Å². The Balaban J connectivity index is 2.50. The Kier molecular flexibility index (Phi) is 4.29. The third-order valence-electron chi connectivity index (χ3n) is 2.47. The second-order valence-electron chi connectivity index (χ2n) is 3.83. The maximum absolute atomic E-state index is 13.6. The molecule has 7 heteroatoms. The molecule has 1 aromatic carbocycles. The number of carbonyl (C=O) groups excluding carboxylic acids is 2. The van der Waals surface area contributed by atoms with E-state index in [1.807, 2.05) is 0 Å². The van der Waals surface area contributed by atoms with Gasteiger partial charge in [0.1, 0.15) is 22.2 Å². The van der Waals surface area contributed by atoms with Crippen LogP contribution < -0.4 is 4.90 Å². The van der Waals surface area contributed by atoms with E-state index in [2.05, 4.69) is 15.9 Å². The highest BCUT2D eigenvalue weighted by molar-refractivity contribution is 9.11. The Morgan fingerprint density at radius 2 is 1.75 bits per heavy atom. The summed E-state index contributed by atoms with van der Waals surface area (Å²) in [5.41, 5.74) is -0.743. The summed E-state index contributed by atoms with van der Waals surface area (Å²) in [4.78, 5) is 24.6. The number of carbonyl (C=O) groups is 2. The summed E-state index contributed by atoms with van der Waals surface area (Å²) in [5, 5.41) is 0.289. The highest BCUT2D eigenvalue weighted by Crippen LogP contribution is 2.31. The van der Waals surface area contributed by atoms with Crippen molar-refractivity contribution in [2.75, 3.05) is 4.90 Å². The normalized spacial score (nSPS) is 10.4. The second kappa shape index (κ2) is 5.80. The third kappa shape index (κ3) is 2.78. The second-order valence-corrected chi connectivity index (χ2v) is 6.28. The first kappa shape index (κ1) is 14.8. The van der Waals surface area contributed by atoms with E-state index >= 15 is 0 Å². The average molecular weight is 360 g/mol. The zero-order valence-corrected chi connectivity index (χ0v) is 12.6. The van der Waals surface area contributed by atoms with E-state index in [0.29, 0.717) is 3.79 Å². The standard InChI is InChI=1S/C13H8BrF2NO2S/c1-7(18)17(11-6-5-10(14)20-11)13(19)12-8(15)3-2-4-9(12)16/h2-6H,1H3. The molecule has 2 amide bonds. The number of imide groups is 1. The van der Waals surface area contributed by atoms with Gasteiger partial charge >= 0.3 is 0 Å². The SMILES string of the molecule is CC(=O)N(C(=O)c1c(F)cccc1F)c1ccc(Br)s1. The third-order valence-corrected chi connectivity index (χ3v) is 4.08. The fourth-order valence-corrected chi connectivity index (χ4v) is 3.04. The van der Waals surface area contributed by atoms with E-state index in [1.165, 1.54) is 6.07 Å². The monoisotopic (exact) mass is 359 g/mol. The van der Waals surface area contributed by atoms with Gasteiger partial charge in [0, 0.05) is 6.92 Å². The van der Waals surface area contributed by atoms with Gasteiger partial charge in [0.25, 0.3) is 5.91 Å². The minimum atomic E-state index is -1.03. The van der Waals surface area contributed by atoms with E-state index in [1.54, 1.807) is 6.07 Å². The Bertz CT molecular complexity index is 667. The van der Waals surface area contributed by atoms with Crippen molar-refractivity contribution in [1.29, 1.82) is 0 Å². The molecule has 0 bridgehead atoms. The highest BCUT2D eigenvalue weighted by Gasteiger charge is 2.28. The molecule has 0 radical (unpaired) electrons. The number of halogens is 3. The predicted molar refractivity (Wildman–Crippen MR) is 75.9 cm³/mol. The topological polar surface area (TPSA) is 37.4 Å². The van der Waals surface area contributed by atoms with Crippen molar-refractivity contribution in [3.8, 4) is 0 Å². The van der Waals surface area contributed by atoms with Crippen LogP contribution in [0.1, 0.15) is 17.3 Å². The summed E-state index contributed by atoms with van der Waals surface area (Å²) in [6, 6.07) is 6.26. The first-order valence-corrected chi connectivity index (χ1v) is 7.07. The van der Waals surface area contributed by atoms with E-state index in [-0.39, 0.29) is 5.00 Å². The van der Waals surface area contributed by atoms with Crippen molar-refractivity contribution in [1.82, 2.24) is 0 Å². The lowest BCUT2D eigenvalue weighted by molar-refractivity contribution is -0.115. The zero-order valence-electron chi connectivity index (χ0n) is 10.2. The molecule has 2 aromatic rings. The van der Waals surface area contributed by atoms with Gasteiger partial charge in [-0.25, -0.2) is 13.7 Å². The molecule has 0 aliphatic heterocycles. The molecular formula is C13H8BrF2NO2S. The highest BCUT2D eigenvalue weighted by atomic mass is 79.9. The molecule has 0 atom stereocenters. The van der Waals surface area contributed by atoms with E-state index in [9.17, 15) is 18.4 Å². The summed E-state index contributed by atoms with van der Waals surface area (Å²) in [6.07, 6.45) is 0. The molecule has 0 aliphatic carbocycles. The number of anilines is 1. The summed E-state index contributed by atoms with van der Waals surface area (Å²) < 4.78 is 28.0. The van der Waals surface area contributed by atoms with Gasteiger partial charge in [-0.2, -0.15) is 0 Å². The largest absolute Gasteiger partial charge is 0.274 e. The predicted octanol–water partition coefficient (Wildman–Crippen LogP) is 3.98. The molecule has 0 fully saturated rings. The molecule has 0 spiro atoms. The lowest BCUT2D eigenvalue weighted by atomic mass is 10.1. The van der Waals surface area contributed by atoms with Crippen LogP contribution in [0.15, 0.2) is 34.1 Å². The van der Waals surface area contributed by atoms with Crippen LogP contribution in [0.5, 0.6) is 0 Å². The van der Waals surface area contributed by atoms with Gasteiger partial charge in [0.2, 0.25) is 5.91 Å². The minimum absolute atomic E-state index is 0.289. The van der Waals surface area contributed by atoms with Crippen molar-refractivity contribution in [2.45, 2.75) is 6.92 Å². The van der Waals surface area contributed by atoms with Gasteiger partial charge < -0.3 is 0 Å². The van der Waals surface area contributed by atoms with E-state index < -0.39 is 29.0 Å². The van der Waals surface area contributed by atoms with Gasteiger partial charge in [-0.3, -0.25) is 9.59 Å². The number of hydrogen-bond acceptors (Lipinski definition) is 3. The number of amides is 2. The van der Waals surface area contributed by atoms with Gasteiger partial charge in [0.05, 0.1) is 3.79 Å². The number of benzene rings is 1. The van der Waals surface area contributed by atoms with Gasteiger partial charge in [0.15, 0.2) is 0 Å². The minimum Gasteiger partial charge on any atom is -0.274 e. The fourth-order valence-electron chi connectivity index (χ4n) is 1.64. The Labute approximate surface area is 126 Å². The molecule has 20 heavy (non-hydrogen) atoms. The maximum Gasteiger partial charge on any atom is 0.271 e. The van der Waals surface area contributed by atoms with Crippen molar-refractivity contribution in [2.24, 2.45) is 0 Å². The molecule has 1 aromatic heterocycles. The molecule has 0 saturated carbocycles. The van der Waals surface area contributed by atoms with Crippen molar-refractivity contribution >= 4 is 44.1 Å². The first-order valence-electron chi connectivity index (χ1n) is 5.46. The molecule has 3 nitrogen and oxygen atoms in total. The summed E-state index contributed by atoms with van der Waals surface area (Å²) in [5.74, 6) is -3.65. The molecule has 104 valence electrons. The van der Waals surface area contributed by atoms with Gasteiger partial charge in [-0.15, -0.1) is 11.3 Å². The quantitative estimate of drug-likeness (QED) is 0.813. The molecule has 0 saturated heterocycles. The van der Waals surface area contributed by atoms with Gasteiger partial charge in [-0.1, -0.05) is 6.07 Å². The molecular weight excluding hydrogens is 352 g/mol. The van der Waals surface area contributed by atoms with Crippen molar-refractivity contribution in [3.63, 3.8) is 0 Å². The molecule has 0 unspecified atom stereocenters. The van der Waals surface area contributed by atoms with Crippen molar-refractivity contribution in [3.05, 3.63) is 51.3 Å². The lowest BCUT2D eigenvalue weighted by Crippen LogP contribution is -2.35. The number of nitrogens with zero attached hydrogens (tertiary/aromatic N) is 1. The molecule has 2 rings (SSSR count). The zero-order chi connectivity index (χ0) is 14.9. The first-order chi connectivity index (χ1) is 9.41. The summed E-state index contributed by atoms with van der Waals surface area (Å²) in [7, 11) is 0. The van der Waals surface area contributed by atoms with Crippen LogP contribution >= 0.6 is 27.3 Å². The number of thiophene rings is 1. The van der Waals surface area contributed by atoms with E-state index in [0.717, 1.165) is 41.4 Å². The molecule has 0 N–H and O–H groups in total. The molecule has 0 aliphatic rings. The van der Waals surface area contributed by atoms with Crippen molar-refractivity contribution < 1.29 is 18.4 Å². The Morgan fingerprint density at radius 3 is 2.20 bits per heavy atom. The Morgan fingerprint density at radius 1 is 1.15 bits per heavy atom. The van der Waals surface area contributed by atoms with Crippen LogP contribution in [-0.4, -0.2) is 11.8 Å². The van der Waals surface area contributed by atoms with Gasteiger partial charge in [-0.05, 0) is 40.2 Å². The fraction of sp³-hybridized carbons (Fsp3) is 0.0769. The van der Waals surface area contributed by atoms with E-state index in [4.69, 9.17) is 0 Å². The smallest absolute Gasteiger partial charge is 0.271 e. The van der Waals surface area contributed by atoms with Crippen LogP contribution in [0.4, 0.5) is 13.8 Å². The average Bonchev–Trinajstić information content (AvgIpc) is 2.75. The van der Waals surface area contributed by atoms with Crippen LogP contribution in [0.25, 0.3) is 0 Å². The maximum atomic E-state index is 13.6. The Hall–Kier alpha value is -1.60. The summed E-state index contributed by atoms with van der Waals surface area (Å²) >= 11 is 4.32. The van der Waals surface area contributed by atoms with Crippen LogP contribution in [-0.2, 0) is 4.79 Å². The number of rotatable bonds is 2.